The van der Waals surface area contributed by atoms with Crippen molar-refractivity contribution in [2.75, 3.05) is 5.01 Å². The van der Waals surface area contributed by atoms with Crippen LogP contribution in [-0.2, 0) is 16.1 Å². The maximum Gasteiger partial charge on any atom is 0.255 e. The molecule has 3 aromatic carbocycles. The zero-order valence-corrected chi connectivity index (χ0v) is 19.5. The molecule has 1 fully saturated rings. The fourth-order valence-electron chi connectivity index (χ4n) is 4.11. The molecule has 2 atom stereocenters. The van der Waals surface area contributed by atoms with E-state index in [4.69, 9.17) is 5.10 Å². The molecule has 0 bridgehead atoms. The number of imide groups is 1. The zero-order chi connectivity index (χ0) is 21.5. The molecule has 31 heavy (non-hydrogen) atoms. The molecule has 0 N–H and O–H groups in total. The SMILES string of the molecule is O=C1C2C(c3ccccc3)=NN(c3ccc(Br)cc3Br)C2C(=O)N1Cc1ccccc1. The van der Waals surface area contributed by atoms with Gasteiger partial charge in [-0.15, -0.1) is 0 Å². The first-order valence-electron chi connectivity index (χ1n) is 9.82. The number of rotatable bonds is 4. The summed E-state index contributed by atoms with van der Waals surface area (Å²) in [6, 6.07) is 24.1. The Kier molecular flexibility index (Phi) is 5.24. The Morgan fingerprint density at radius 2 is 1.52 bits per heavy atom. The third-order valence-corrected chi connectivity index (χ3v) is 6.68. The fourth-order valence-corrected chi connectivity index (χ4v) is 5.33. The van der Waals surface area contributed by atoms with Crippen LogP contribution in [0.5, 0.6) is 0 Å². The van der Waals surface area contributed by atoms with Gasteiger partial charge in [-0.05, 0) is 45.3 Å². The Bertz CT molecular complexity index is 1200. The van der Waals surface area contributed by atoms with Crippen molar-refractivity contribution in [1.82, 2.24) is 4.90 Å². The Labute approximate surface area is 196 Å². The molecule has 2 aliphatic rings. The highest BCUT2D eigenvalue weighted by Gasteiger charge is 2.56. The third-order valence-electron chi connectivity index (χ3n) is 5.55. The van der Waals surface area contributed by atoms with Gasteiger partial charge in [-0.3, -0.25) is 19.5 Å². The molecule has 5 rings (SSSR count). The van der Waals surface area contributed by atoms with Gasteiger partial charge in [-0.1, -0.05) is 76.6 Å². The third kappa shape index (κ3) is 3.51. The van der Waals surface area contributed by atoms with Crippen LogP contribution in [0, 0.1) is 5.92 Å². The van der Waals surface area contributed by atoms with E-state index in [1.54, 1.807) is 5.01 Å². The predicted octanol–water partition coefficient (Wildman–Crippen LogP) is 4.99. The smallest absolute Gasteiger partial charge is 0.255 e. The quantitative estimate of drug-likeness (QED) is 0.440. The van der Waals surface area contributed by atoms with E-state index < -0.39 is 12.0 Å². The largest absolute Gasteiger partial charge is 0.276 e. The average Bonchev–Trinajstić information content (AvgIpc) is 3.28. The minimum atomic E-state index is -0.705. The number of nitrogens with zero attached hydrogens (tertiary/aromatic N) is 3. The number of benzene rings is 3. The molecule has 2 aliphatic heterocycles. The van der Waals surface area contributed by atoms with Crippen molar-refractivity contribution in [3.8, 4) is 0 Å². The van der Waals surface area contributed by atoms with Gasteiger partial charge in [0.1, 0.15) is 12.0 Å². The predicted molar refractivity (Wildman–Crippen MR) is 127 cm³/mol. The molecule has 2 unspecified atom stereocenters. The first-order valence-corrected chi connectivity index (χ1v) is 11.4. The molecule has 0 spiro atoms. The van der Waals surface area contributed by atoms with E-state index in [-0.39, 0.29) is 18.4 Å². The maximum absolute atomic E-state index is 13.5. The van der Waals surface area contributed by atoms with Crippen LogP contribution >= 0.6 is 31.9 Å². The minimum absolute atomic E-state index is 0.211. The Balaban J connectivity index is 1.59. The summed E-state index contributed by atoms with van der Waals surface area (Å²) >= 11 is 7.05. The molecule has 7 heteroatoms. The number of carbonyl (C=O) groups is 2. The van der Waals surface area contributed by atoms with Crippen molar-refractivity contribution in [3.63, 3.8) is 0 Å². The molecular formula is C24H17Br2N3O2. The summed E-state index contributed by atoms with van der Waals surface area (Å²) in [5.41, 5.74) is 3.12. The normalized spacial score (nSPS) is 20.3. The highest BCUT2D eigenvalue weighted by atomic mass is 79.9. The highest BCUT2D eigenvalue weighted by Crippen LogP contribution is 2.41. The molecule has 2 heterocycles. The van der Waals surface area contributed by atoms with Crippen LogP contribution in [0.2, 0.25) is 0 Å². The van der Waals surface area contributed by atoms with Gasteiger partial charge >= 0.3 is 0 Å². The van der Waals surface area contributed by atoms with E-state index in [9.17, 15) is 9.59 Å². The van der Waals surface area contributed by atoms with Gasteiger partial charge in [-0.2, -0.15) is 5.10 Å². The number of carbonyl (C=O) groups excluding carboxylic acids is 2. The number of hydrogen-bond acceptors (Lipinski definition) is 4. The maximum atomic E-state index is 13.5. The second-order valence-corrected chi connectivity index (χ2v) is 9.23. The molecule has 0 aromatic heterocycles. The molecule has 0 radical (unpaired) electrons. The van der Waals surface area contributed by atoms with Crippen LogP contribution < -0.4 is 5.01 Å². The first kappa shape index (κ1) is 20.2. The number of hydrogen-bond donors (Lipinski definition) is 0. The van der Waals surface area contributed by atoms with Crippen molar-refractivity contribution < 1.29 is 9.59 Å². The molecule has 0 saturated carbocycles. The lowest BCUT2D eigenvalue weighted by Gasteiger charge is -2.23. The summed E-state index contributed by atoms with van der Waals surface area (Å²) in [5.74, 6) is -1.09. The summed E-state index contributed by atoms with van der Waals surface area (Å²) in [6.45, 7) is 0.253. The Hall–Kier alpha value is -2.77. The topological polar surface area (TPSA) is 53.0 Å². The molecule has 5 nitrogen and oxygen atoms in total. The summed E-state index contributed by atoms with van der Waals surface area (Å²) < 4.78 is 1.70. The van der Waals surface area contributed by atoms with Crippen molar-refractivity contribution >= 4 is 55.1 Å². The van der Waals surface area contributed by atoms with Crippen molar-refractivity contribution in [1.29, 1.82) is 0 Å². The molecular weight excluding hydrogens is 522 g/mol. The summed E-state index contributed by atoms with van der Waals surface area (Å²) in [4.78, 5) is 28.3. The van der Waals surface area contributed by atoms with E-state index in [1.807, 2.05) is 78.9 Å². The van der Waals surface area contributed by atoms with E-state index in [1.165, 1.54) is 4.90 Å². The zero-order valence-electron chi connectivity index (χ0n) is 16.3. The molecule has 154 valence electrons. The monoisotopic (exact) mass is 537 g/mol. The van der Waals surface area contributed by atoms with Gasteiger partial charge in [0.05, 0.1) is 17.9 Å². The number of hydrazone groups is 1. The van der Waals surface area contributed by atoms with Crippen LogP contribution in [0.15, 0.2) is 92.9 Å². The van der Waals surface area contributed by atoms with Crippen molar-refractivity contribution in [2.24, 2.45) is 11.0 Å². The number of anilines is 1. The number of halogens is 2. The van der Waals surface area contributed by atoms with Crippen LogP contribution in [0.3, 0.4) is 0 Å². The molecule has 2 amide bonds. The number of fused-ring (bicyclic) bond motifs is 1. The van der Waals surface area contributed by atoms with E-state index in [0.717, 1.165) is 25.8 Å². The average molecular weight is 539 g/mol. The minimum Gasteiger partial charge on any atom is -0.276 e. The van der Waals surface area contributed by atoms with Gasteiger partial charge < -0.3 is 0 Å². The van der Waals surface area contributed by atoms with Crippen LogP contribution in [-0.4, -0.2) is 28.5 Å². The van der Waals surface area contributed by atoms with Crippen molar-refractivity contribution in [2.45, 2.75) is 12.6 Å². The molecule has 1 saturated heterocycles. The Morgan fingerprint density at radius 3 is 2.19 bits per heavy atom. The van der Waals surface area contributed by atoms with Gasteiger partial charge in [0, 0.05) is 8.95 Å². The van der Waals surface area contributed by atoms with E-state index in [0.29, 0.717) is 5.71 Å². The van der Waals surface area contributed by atoms with Crippen LogP contribution in [0.4, 0.5) is 5.69 Å². The van der Waals surface area contributed by atoms with Gasteiger partial charge in [0.25, 0.3) is 5.91 Å². The van der Waals surface area contributed by atoms with Crippen molar-refractivity contribution in [3.05, 3.63) is 98.9 Å². The summed E-state index contributed by atoms with van der Waals surface area (Å²) in [6.07, 6.45) is 0. The first-order chi connectivity index (χ1) is 15.0. The number of amides is 2. The standard InChI is InChI=1S/C24H17Br2N3O2/c25-17-11-12-19(18(26)13-17)29-22-20(21(27-29)16-9-5-2-6-10-16)23(30)28(24(22)31)14-15-7-3-1-4-8-15/h1-13,20,22H,14H2. The summed E-state index contributed by atoms with van der Waals surface area (Å²) in [7, 11) is 0. The van der Waals surface area contributed by atoms with Crippen LogP contribution in [0.25, 0.3) is 0 Å². The number of likely N-dealkylation sites (tertiary alicyclic amines) is 1. The molecule has 0 aliphatic carbocycles. The fraction of sp³-hybridized carbons (Fsp3) is 0.125. The lowest BCUT2D eigenvalue weighted by molar-refractivity contribution is -0.139. The second kappa shape index (κ2) is 8.05. The highest BCUT2D eigenvalue weighted by molar-refractivity contribution is 9.11. The van der Waals surface area contributed by atoms with Crippen LogP contribution in [0.1, 0.15) is 11.1 Å². The second-order valence-electron chi connectivity index (χ2n) is 7.46. The van der Waals surface area contributed by atoms with E-state index >= 15 is 0 Å². The Morgan fingerprint density at radius 1 is 0.839 bits per heavy atom. The van der Waals surface area contributed by atoms with E-state index in [2.05, 4.69) is 31.9 Å². The molecule has 3 aromatic rings. The van der Waals surface area contributed by atoms with Gasteiger partial charge in [0.15, 0.2) is 0 Å². The van der Waals surface area contributed by atoms with Gasteiger partial charge in [0.2, 0.25) is 5.91 Å². The lowest BCUT2D eigenvalue weighted by atomic mass is 9.93. The summed E-state index contributed by atoms with van der Waals surface area (Å²) in [5, 5.41) is 6.47. The van der Waals surface area contributed by atoms with Gasteiger partial charge in [-0.25, -0.2) is 0 Å². The lowest BCUT2D eigenvalue weighted by Crippen LogP contribution is -2.39.